The molecule has 1 nitrogen and oxygen atoms in total. The molecule has 150 valence electrons. The standard InChI is InChI=1S/C25H18N.2C2H6/c1-15-17-8-3-4-9-18(17)19-11-6-12-21-20-10-5-7-16-13-14-26(2)25(23(16)20)22(15)24(19)21;2*1-2/h3-14H,1-2H3;2*1-2H3/q+1;;. The molecule has 5 aromatic carbocycles. The van der Waals surface area contributed by atoms with Gasteiger partial charge in [0.25, 0.3) is 0 Å². The van der Waals surface area contributed by atoms with Crippen molar-refractivity contribution in [3.63, 3.8) is 0 Å². The van der Waals surface area contributed by atoms with E-state index in [2.05, 4.69) is 91.5 Å². The largest absolute Gasteiger partial charge is 0.221 e. The Balaban J connectivity index is 0.000000516. The van der Waals surface area contributed by atoms with Crippen molar-refractivity contribution in [1.29, 1.82) is 0 Å². The van der Waals surface area contributed by atoms with E-state index < -0.39 is 0 Å². The minimum Gasteiger partial charge on any atom is -0.200 e. The van der Waals surface area contributed by atoms with Crippen molar-refractivity contribution < 1.29 is 4.57 Å². The van der Waals surface area contributed by atoms with Crippen molar-refractivity contribution in [3.8, 4) is 0 Å². The van der Waals surface area contributed by atoms with Gasteiger partial charge >= 0.3 is 0 Å². The molecule has 0 amide bonds. The van der Waals surface area contributed by atoms with Crippen LogP contribution >= 0.6 is 0 Å². The summed E-state index contributed by atoms with van der Waals surface area (Å²) in [4.78, 5) is 0. The molecule has 0 bridgehead atoms. The molecule has 0 aliphatic carbocycles. The van der Waals surface area contributed by atoms with E-state index in [0.29, 0.717) is 0 Å². The molecule has 0 aliphatic heterocycles. The molecular weight excluding hydrogens is 362 g/mol. The maximum absolute atomic E-state index is 2.29. The zero-order valence-corrected chi connectivity index (χ0v) is 18.9. The molecule has 0 saturated heterocycles. The summed E-state index contributed by atoms with van der Waals surface area (Å²) in [6.45, 7) is 10.3. The van der Waals surface area contributed by atoms with Crippen LogP contribution in [0.1, 0.15) is 33.3 Å². The predicted octanol–water partition coefficient (Wildman–Crippen LogP) is 8.08. The highest BCUT2D eigenvalue weighted by Gasteiger charge is 2.22. The van der Waals surface area contributed by atoms with Gasteiger partial charge in [-0.2, -0.15) is 0 Å². The monoisotopic (exact) mass is 392 g/mol. The third-order valence-electron chi connectivity index (χ3n) is 6.00. The maximum atomic E-state index is 2.29. The van der Waals surface area contributed by atoms with Gasteiger partial charge < -0.3 is 0 Å². The normalized spacial score (nSPS) is 11.0. The summed E-state index contributed by atoms with van der Waals surface area (Å²) in [6.07, 6.45) is 2.19. The minimum atomic E-state index is 1.31. The lowest BCUT2D eigenvalue weighted by molar-refractivity contribution is -0.643. The lowest BCUT2D eigenvalue weighted by Gasteiger charge is -2.16. The molecule has 0 spiro atoms. The van der Waals surface area contributed by atoms with Crippen molar-refractivity contribution >= 4 is 54.0 Å². The molecule has 6 rings (SSSR count). The predicted molar refractivity (Wildman–Crippen MR) is 134 cm³/mol. The van der Waals surface area contributed by atoms with Gasteiger partial charge in [-0.05, 0) is 44.8 Å². The molecule has 1 aromatic heterocycles. The lowest BCUT2D eigenvalue weighted by atomic mass is 9.87. The first-order chi connectivity index (χ1) is 14.8. The highest BCUT2D eigenvalue weighted by molar-refractivity contribution is 6.35. The van der Waals surface area contributed by atoms with E-state index in [-0.39, 0.29) is 0 Å². The average Bonchev–Trinajstić information content (AvgIpc) is 2.82. The molecule has 0 fully saturated rings. The smallest absolute Gasteiger partial charge is 0.200 e. The summed E-state index contributed by atoms with van der Waals surface area (Å²) >= 11 is 0. The Hall–Kier alpha value is -3.19. The number of fused-ring (bicyclic) bond motifs is 4. The van der Waals surface area contributed by atoms with Crippen LogP contribution in [-0.2, 0) is 7.05 Å². The highest BCUT2D eigenvalue weighted by atomic mass is 14.9. The molecule has 1 heterocycles. The SMILES string of the molecule is CC.CC.Cc1c2ccccc2c2cccc3c4cccc5cc[n+](C)c(c1c23)c54. The quantitative estimate of drug-likeness (QED) is 0.140. The van der Waals surface area contributed by atoms with Crippen LogP contribution < -0.4 is 4.57 Å². The van der Waals surface area contributed by atoms with E-state index in [1.54, 1.807) is 0 Å². The Morgan fingerprint density at radius 3 is 1.77 bits per heavy atom. The Morgan fingerprint density at radius 2 is 1.07 bits per heavy atom. The highest BCUT2D eigenvalue weighted by Crippen LogP contribution is 2.43. The summed E-state index contributed by atoms with van der Waals surface area (Å²) in [5.74, 6) is 0. The summed E-state index contributed by atoms with van der Waals surface area (Å²) in [5, 5.41) is 12.2. The minimum absolute atomic E-state index is 1.31. The Labute approximate surface area is 178 Å². The molecule has 6 aromatic rings. The first kappa shape index (κ1) is 20.1. The average molecular weight is 393 g/mol. The molecule has 0 atom stereocenters. The van der Waals surface area contributed by atoms with Gasteiger partial charge in [-0.3, -0.25) is 0 Å². The van der Waals surface area contributed by atoms with Crippen molar-refractivity contribution in [2.24, 2.45) is 7.05 Å². The fourth-order valence-corrected chi connectivity index (χ4v) is 4.88. The fourth-order valence-electron chi connectivity index (χ4n) is 4.88. The summed E-state index contributed by atoms with van der Waals surface area (Å²) in [7, 11) is 2.17. The van der Waals surface area contributed by atoms with Crippen LogP contribution in [0.3, 0.4) is 0 Å². The molecule has 0 aliphatic rings. The number of aryl methyl sites for hydroxylation is 2. The number of nitrogens with zero attached hydrogens (tertiary/aromatic N) is 1. The van der Waals surface area contributed by atoms with Crippen LogP contribution in [-0.4, -0.2) is 0 Å². The van der Waals surface area contributed by atoms with Gasteiger partial charge in [0.1, 0.15) is 7.05 Å². The first-order valence-electron chi connectivity index (χ1n) is 11.1. The number of benzene rings is 5. The number of rotatable bonds is 0. The van der Waals surface area contributed by atoms with Crippen LogP contribution in [0.2, 0.25) is 0 Å². The van der Waals surface area contributed by atoms with Gasteiger partial charge in [0.2, 0.25) is 5.52 Å². The Bertz CT molecular complexity index is 1490. The molecule has 1 heteroatoms. The topological polar surface area (TPSA) is 3.88 Å². The zero-order chi connectivity index (χ0) is 21.4. The van der Waals surface area contributed by atoms with Gasteiger partial charge in [0.15, 0.2) is 6.20 Å². The third-order valence-corrected chi connectivity index (χ3v) is 6.00. The van der Waals surface area contributed by atoms with E-state index in [1.807, 2.05) is 27.7 Å². The molecule has 0 radical (unpaired) electrons. The Morgan fingerprint density at radius 1 is 0.533 bits per heavy atom. The van der Waals surface area contributed by atoms with Crippen molar-refractivity contribution in [2.45, 2.75) is 34.6 Å². The van der Waals surface area contributed by atoms with Crippen molar-refractivity contribution in [3.05, 3.63) is 78.5 Å². The van der Waals surface area contributed by atoms with Gasteiger partial charge in [0, 0.05) is 11.5 Å². The van der Waals surface area contributed by atoms with Crippen LogP contribution in [0.4, 0.5) is 0 Å². The second-order valence-corrected chi connectivity index (χ2v) is 7.32. The number of aromatic nitrogens is 1. The Kier molecular flexibility index (Phi) is 5.30. The van der Waals surface area contributed by atoms with E-state index >= 15 is 0 Å². The second kappa shape index (κ2) is 7.91. The maximum Gasteiger partial charge on any atom is 0.221 e. The van der Waals surface area contributed by atoms with Crippen molar-refractivity contribution in [2.75, 3.05) is 0 Å². The van der Waals surface area contributed by atoms with E-state index in [9.17, 15) is 0 Å². The van der Waals surface area contributed by atoms with Crippen LogP contribution in [0.25, 0.3) is 54.0 Å². The first-order valence-corrected chi connectivity index (χ1v) is 11.1. The van der Waals surface area contributed by atoms with Crippen LogP contribution in [0.5, 0.6) is 0 Å². The van der Waals surface area contributed by atoms with Gasteiger partial charge in [0.05, 0.1) is 10.8 Å². The lowest BCUT2D eigenvalue weighted by Crippen LogP contribution is -2.28. The zero-order valence-electron chi connectivity index (χ0n) is 18.9. The van der Waals surface area contributed by atoms with E-state index in [1.165, 1.54) is 59.6 Å². The van der Waals surface area contributed by atoms with E-state index in [0.717, 1.165) is 0 Å². The number of pyridine rings is 1. The number of hydrogen-bond donors (Lipinski definition) is 0. The van der Waals surface area contributed by atoms with Gasteiger partial charge in [-0.1, -0.05) is 88.4 Å². The van der Waals surface area contributed by atoms with Gasteiger partial charge in [-0.15, -0.1) is 0 Å². The molecule has 0 unspecified atom stereocenters. The molecule has 0 saturated carbocycles. The summed E-state index contributed by atoms with van der Waals surface area (Å²) in [5.41, 5.74) is 2.71. The fraction of sp³-hybridized carbons (Fsp3) is 0.207. The van der Waals surface area contributed by atoms with Crippen LogP contribution in [0.15, 0.2) is 72.9 Å². The third kappa shape index (κ3) is 2.65. The van der Waals surface area contributed by atoms with Crippen LogP contribution in [0, 0.1) is 6.92 Å². The van der Waals surface area contributed by atoms with Gasteiger partial charge in [-0.25, -0.2) is 4.57 Å². The number of hydrogen-bond acceptors (Lipinski definition) is 0. The van der Waals surface area contributed by atoms with E-state index in [4.69, 9.17) is 0 Å². The summed E-state index contributed by atoms with van der Waals surface area (Å²) < 4.78 is 2.29. The second-order valence-electron chi connectivity index (χ2n) is 7.32. The molecule has 0 N–H and O–H groups in total. The molecular formula is C29H30N+. The molecule has 30 heavy (non-hydrogen) atoms. The summed E-state index contributed by atoms with van der Waals surface area (Å²) in [6, 6.07) is 24.5. The van der Waals surface area contributed by atoms with Crippen molar-refractivity contribution in [1.82, 2.24) is 0 Å².